The molecule has 1 aromatic heterocycles. The number of piperidine rings is 1. The largest absolute Gasteiger partial charge is 0.356 e. The van der Waals surface area contributed by atoms with E-state index in [1.807, 2.05) is 0 Å². The van der Waals surface area contributed by atoms with E-state index in [9.17, 15) is 0 Å². The third-order valence-corrected chi connectivity index (χ3v) is 4.46. The van der Waals surface area contributed by atoms with Crippen LogP contribution in [0.25, 0.3) is 0 Å². The number of aromatic nitrogens is 1. The number of nitrogens with zero attached hydrogens (tertiary/aromatic N) is 3. The predicted molar refractivity (Wildman–Crippen MR) is 86.8 cm³/mol. The molecule has 112 valence electrons. The minimum atomic E-state index is 0.441. The molecule has 0 radical (unpaired) electrons. The summed E-state index contributed by atoms with van der Waals surface area (Å²) in [5.41, 5.74) is 2.32. The van der Waals surface area contributed by atoms with Crippen LogP contribution in [0.1, 0.15) is 43.9 Å². The summed E-state index contributed by atoms with van der Waals surface area (Å²) in [6.07, 6.45) is 2.41. The Hall–Kier alpha value is -0.800. The van der Waals surface area contributed by atoms with Gasteiger partial charge in [0, 0.05) is 30.7 Å². The lowest BCUT2D eigenvalue weighted by atomic mass is 10.0. The van der Waals surface area contributed by atoms with Crippen molar-refractivity contribution in [2.75, 3.05) is 32.1 Å². The molecule has 4 heteroatoms. The SMILES string of the molecule is CC(C)c1cc(CCl)cc(N2CCC(N(C)C)CC2)n1. The van der Waals surface area contributed by atoms with Crippen LogP contribution in [-0.4, -0.2) is 43.1 Å². The van der Waals surface area contributed by atoms with E-state index in [1.54, 1.807) is 0 Å². The van der Waals surface area contributed by atoms with Gasteiger partial charge in [-0.05, 0) is 50.6 Å². The fraction of sp³-hybridized carbons (Fsp3) is 0.688. The van der Waals surface area contributed by atoms with Crippen molar-refractivity contribution in [1.29, 1.82) is 0 Å². The molecule has 1 aromatic rings. The Morgan fingerprint density at radius 2 is 1.95 bits per heavy atom. The molecule has 0 bridgehead atoms. The monoisotopic (exact) mass is 295 g/mol. The molecule has 20 heavy (non-hydrogen) atoms. The Balaban J connectivity index is 2.15. The first-order valence-electron chi connectivity index (χ1n) is 7.49. The second-order valence-electron chi connectivity index (χ2n) is 6.23. The van der Waals surface area contributed by atoms with Crippen LogP contribution in [0.2, 0.25) is 0 Å². The van der Waals surface area contributed by atoms with Gasteiger partial charge < -0.3 is 9.80 Å². The molecule has 2 heterocycles. The van der Waals surface area contributed by atoms with Crippen molar-refractivity contribution < 1.29 is 0 Å². The molecule has 3 nitrogen and oxygen atoms in total. The van der Waals surface area contributed by atoms with Crippen molar-refractivity contribution in [1.82, 2.24) is 9.88 Å². The minimum Gasteiger partial charge on any atom is -0.356 e. The Morgan fingerprint density at radius 3 is 2.45 bits per heavy atom. The second kappa shape index (κ2) is 6.77. The van der Waals surface area contributed by atoms with Crippen LogP contribution in [0.3, 0.4) is 0 Å². The lowest BCUT2D eigenvalue weighted by Crippen LogP contribution is -2.42. The Kier molecular flexibility index (Phi) is 5.28. The fourth-order valence-corrected chi connectivity index (χ4v) is 2.89. The van der Waals surface area contributed by atoms with Crippen LogP contribution in [0, 0.1) is 0 Å². The van der Waals surface area contributed by atoms with Crippen molar-refractivity contribution in [2.45, 2.75) is 44.5 Å². The topological polar surface area (TPSA) is 19.4 Å². The zero-order valence-electron chi connectivity index (χ0n) is 13.1. The van der Waals surface area contributed by atoms with E-state index in [0.29, 0.717) is 17.8 Å². The van der Waals surface area contributed by atoms with E-state index >= 15 is 0 Å². The Labute approximate surface area is 127 Å². The number of halogens is 1. The molecular formula is C16H26ClN3. The van der Waals surface area contributed by atoms with Crippen LogP contribution in [0.5, 0.6) is 0 Å². The van der Waals surface area contributed by atoms with Gasteiger partial charge in [0.05, 0.1) is 0 Å². The van der Waals surface area contributed by atoms with Gasteiger partial charge in [-0.1, -0.05) is 13.8 Å². The summed E-state index contributed by atoms with van der Waals surface area (Å²) in [4.78, 5) is 9.57. The first-order chi connectivity index (χ1) is 9.51. The smallest absolute Gasteiger partial charge is 0.129 e. The van der Waals surface area contributed by atoms with Crippen LogP contribution < -0.4 is 4.90 Å². The third-order valence-electron chi connectivity index (χ3n) is 4.16. The van der Waals surface area contributed by atoms with Gasteiger partial charge >= 0.3 is 0 Å². The van der Waals surface area contributed by atoms with Crippen LogP contribution in [0.4, 0.5) is 5.82 Å². The van der Waals surface area contributed by atoms with Crippen LogP contribution in [0.15, 0.2) is 12.1 Å². The zero-order valence-corrected chi connectivity index (χ0v) is 13.8. The van der Waals surface area contributed by atoms with Gasteiger partial charge in [-0.25, -0.2) is 4.98 Å². The maximum atomic E-state index is 6.03. The van der Waals surface area contributed by atoms with Crippen molar-refractivity contribution in [3.63, 3.8) is 0 Å². The van der Waals surface area contributed by atoms with E-state index in [0.717, 1.165) is 24.6 Å². The first-order valence-corrected chi connectivity index (χ1v) is 8.03. The number of anilines is 1. The highest BCUT2D eigenvalue weighted by molar-refractivity contribution is 6.17. The number of hydrogen-bond donors (Lipinski definition) is 0. The van der Waals surface area contributed by atoms with Crippen molar-refractivity contribution in [3.05, 3.63) is 23.4 Å². The average molecular weight is 296 g/mol. The molecule has 1 fully saturated rings. The van der Waals surface area contributed by atoms with Gasteiger partial charge in [-0.3, -0.25) is 0 Å². The van der Waals surface area contributed by atoms with E-state index in [2.05, 4.69) is 49.9 Å². The maximum Gasteiger partial charge on any atom is 0.129 e. The van der Waals surface area contributed by atoms with Gasteiger partial charge in [0.25, 0.3) is 0 Å². The summed E-state index contributed by atoms with van der Waals surface area (Å²) in [6, 6.07) is 4.98. The fourth-order valence-electron chi connectivity index (χ4n) is 2.74. The highest BCUT2D eigenvalue weighted by Gasteiger charge is 2.22. The van der Waals surface area contributed by atoms with E-state index < -0.39 is 0 Å². The Bertz CT molecular complexity index is 437. The molecule has 2 rings (SSSR count). The molecule has 0 spiro atoms. The summed E-state index contributed by atoms with van der Waals surface area (Å²) < 4.78 is 0. The van der Waals surface area contributed by atoms with Crippen molar-refractivity contribution in [3.8, 4) is 0 Å². The summed E-state index contributed by atoms with van der Waals surface area (Å²) in [5, 5.41) is 0. The molecule has 0 saturated carbocycles. The molecule has 1 aliphatic rings. The van der Waals surface area contributed by atoms with Crippen molar-refractivity contribution >= 4 is 17.4 Å². The lowest BCUT2D eigenvalue weighted by molar-refractivity contribution is 0.249. The maximum absolute atomic E-state index is 6.03. The summed E-state index contributed by atoms with van der Waals surface area (Å²) >= 11 is 6.03. The number of alkyl halides is 1. The van der Waals surface area contributed by atoms with Gasteiger partial charge in [-0.15, -0.1) is 11.6 Å². The second-order valence-corrected chi connectivity index (χ2v) is 6.50. The molecule has 0 N–H and O–H groups in total. The molecule has 0 unspecified atom stereocenters. The number of rotatable bonds is 4. The molecular weight excluding hydrogens is 270 g/mol. The van der Waals surface area contributed by atoms with E-state index in [1.165, 1.54) is 18.4 Å². The minimum absolute atomic E-state index is 0.441. The average Bonchev–Trinajstić information content (AvgIpc) is 2.46. The molecule has 0 amide bonds. The van der Waals surface area contributed by atoms with Gasteiger partial charge in [0.2, 0.25) is 0 Å². The van der Waals surface area contributed by atoms with Gasteiger partial charge in [0.15, 0.2) is 0 Å². The third kappa shape index (κ3) is 3.64. The molecule has 0 atom stereocenters. The van der Waals surface area contributed by atoms with Gasteiger partial charge in [-0.2, -0.15) is 0 Å². The zero-order chi connectivity index (χ0) is 14.7. The lowest BCUT2D eigenvalue weighted by Gasteiger charge is -2.36. The van der Waals surface area contributed by atoms with E-state index in [-0.39, 0.29) is 0 Å². The standard InChI is InChI=1S/C16H26ClN3/c1-12(2)15-9-13(11-17)10-16(18-15)20-7-5-14(6-8-20)19(3)4/h9-10,12,14H,5-8,11H2,1-4H3. The Morgan fingerprint density at radius 1 is 1.30 bits per heavy atom. The molecule has 1 aliphatic heterocycles. The van der Waals surface area contributed by atoms with Crippen molar-refractivity contribution in [2.24, 2.45) is 0 Å². The predicted octanol–water partition coefficient (Wildman–Crippen LogP) is 3.47. The highest BCUT2D eigenvalue weighted by Crippen LogP contribution is 2.24. The first kappa shape index (κ1) is 15.6. The van der Waals surface area contributed by atoms with Crippen LogP contribution >= 0.6 is 11.6 Å². The van der Waals surface area contributed by atoms with Crippen LogP contribution in [-0.2, 0) is 5.88 Å². The van der Waals surface area contributed by atoms with E-state index in [4.69, 9.17) is 16.6 Å². The normalized spacial score (nSPS) is 17.2. The summed E-state index contributed by atoms with van der Waals surface area (Å²) in [6.45, 7) is 6.53. The quantitative estimate of drug-likeness (QED) is 0.793. The molecule has 0 aliphatic carbocycles. The summed E-state index contributed by atoms with van der Waals surface area (Å²) in [5.74, 6) is 2.10. The number of hydrogen-bond acceptors (Lipinski definition) is 3. The molecule has 0 aromatic carbocycles. The highest BCUT2D eigenvalue weighted by atomic mass is 35.5. The van der Waals surface area contributed by atoms with Gasteiger partial charge in [0.1, 0.15) is 5.82 Å². The number of pyridine rings is 1. The molecule has 1 saturated heterocycles. The summed E-state index contributed by atoms with van der Waals surface area (Å²) in [7, 11) is 4.34.